The van der Waals surface area contributed by atoms with Crippen LogP contribution in [0.15, 0.2) is 70.2 Å². The zero-order valence-electron chi connectivity index (χ0n) is 15.9. The van der Waals surface area contributed by atoms with Crippen molar-refractivity contribution < 1.29 is 22.7 Å². The average Bonchev–Trinajstić information content (AvgIpc) is 3.27. The number of nitrogens with one attached hydrogen (secondary N) is 1. The number of rotatable bonds is 5. The maximum Gasteiger partial charge on any atom is 0.360 e. The van der Waals surface area contributed by atoms with Gasteiger partial charge in [0.15, 0.2) is 0 Å². The normalized spacial score (nSPS) is 15.1. The summed E-state index contributed by atoms with van der Waals surface area (Å²) in [5.41, 5.74) is 2.10. The summed E-state index contributed by atoms with van der Waals surface area (Å²) in [7, 11) is -3.68. The minimum absolute atomic E-state index is 0.0296. The van der Waals surface area contributed by atoms with E-state index >= 15 is 0 Å². The summed E-state index contributed by atoms with van der Waals surface area (Å²) in [6.07, 6.45) is 1.30. The zero-order chi connectivity index (χ0) is 21.1. The van der Waals surface area contributed by atoms with Gasteiger partial charge in [-0.05, 0) is 41.5 Å². The molecule has 4 rings (SSSR count). The van der Waals surface area contributed by atoms with Gasteiger partial charge in [0.1, 0.15) is 16.3 Å². The van der Waals surface area contributed by atoms with Crippen LogP contribution in [-0.4, -0.2) is 50.0 Å². The minimum atomic E-state index is -3.68. The van der Waals surface area contributed by atoms with E-state index in [1.807, 2.05) is 36.4 Å². The van der Waals surface area contributed by atoms with E-state index in [4.69, 9.17) is 9.47 Å². The number of sulfonamides is 1. The van der Waals surface area contributed by atoms with Gasteiger partial charge in [-0.1, -0.05) is 40.2 Å². The van der Waals surface area contributed by atoms with Gasteiger partial charge in [0, 0.05) is 23.8 Å². The Bertz CT molecular complexity index is 1130. The summed E-state index contributed by atoms with van der Waals surface area (Å²) in [6, 6.07) is 16.3. The predicted octanol–water partition coefficient (Wildman–Crippen LogP) is 3.68. The lowest BCUT2D eigenvalue weighted by molar-refractivity contribution is 0.0726. The first-order valence-corrected chi connectivity index (χ1v) is 11.5. The molecule has 0 spiro atoms. The Morgan fingerprint density at radius 3 is 2.23 bits per heavy atom. The molecule has 2 heterocycles. The fourth-order valence-electron chi connectivity index (χ4n) is 3.10. The molecule has 1 aliphatic rings. The second kappa shape index (κ2) is 8.73. The number of hydrogen-bond acceptors (Lipinski definition) is 5. The number of carbonyl (C=O) groups is 1. The number of morpholine rings is 1. The van der Waals surface area contributed by atoms with Gasteiger partial charge in [-0.2, -0.15) is 4.31 Å². The molecule has 3 aromatic rings. The molecule has 156 valence electrons. The summed E-state index contributed by atoms with van der Waals surface area (Å²) < 4.78 is 38.2. The highest BCUT2D eigenvalue weighted by molar-refractivity contribution is 9.10. The van der Waals surface area contributed by atoms with Crippen molar-refractivity contribution in [3.8, 4) is 16.9 Å². The van der Waals surface area contributed by atoms with Gasteiger partial charge >= 0.3 is 5.97 Å². The Morgan fingerprint density at radius 2 is 1.60 bits per heavy atom. The quantitative estimate of drug-likeness (QED) is 0.435. The van der Waals surface area contributed by atoms with Crippen molar-refractivity contribution in [2.75, 3.05) is 26.3 Å². The van der Waals surface area contributed by atoms with Gasteiger partial charge in [-0.25, -0.2) is 13.2 Å². The van der Waals surface area contributed by atoms with Crippen LogP contribution >= 0.6 is 15.9 Å². The second-order valence-corrected chi connectivity index (χ2v) is 9.54. The van der Waals surface area contributed by atoms with Gasteiger partial charge in [0.05, 0.1) is 13.2 Å². The Balaban J connectivity index is 1.45. The van der Waals surface area contributed by atoms with Crippen molar-refractivity contribution >= 4 is 31.9 Å². The van der Waals surface area contributed by atoms with E-state index in [1.54, 1.807) is 12.1 Å². The molecule has 0 radical (unpaired) electrons. The molecule has 0 atom stereocenters. The lowest BCUT2D eigenvalue weighted by Crippen LogP contribution is -2.40. The van der Waals surface area contributed by atoms with Crippen molar-refractivity contribution in [2.24, 2.45) is 0 Å². The summed E-state index contributed by atoms with van der Waals surface area (Å²) >= 11 is 3.41. The predicted molar refractivity (Wildman–Crippen MR) is 115 cm³/mol. The number of benzene rings is 2. The van der Waals surface area contributed by atoms with Crippen LogP contribution in [0.3, 0.4) is 0 Å². The molecular weight excluding hydrogens is 472 g/mol. The highest BCUT2D eigenvalue weighted by Gasteiger charge is 2.28. The Hall–Kier alpha value is -2.46. The molecule has 0 amide bonds. The van der Waals surface area contributed by atoms with Crippen molar-refractivity contribution in [3.05, 3.63) is 71.0 Å². The SMILES string of the molecule is O=C(Oc1ccc(-c2ccc(Br)cc2)cc1)c1cc(S(=O)(=O)N2CCOCC2)c[nH]1. The Morgan fingerprint density at radius 1 is 1.00 bits per heavy atom. The Labute approximate surface area is 182 Å². The summed E-state index contributed by atoms with van der Waals surface area (Å²) in [5, 5.41) is 0. The number of halogens is 1. The molecule has 0 unspecified atom stereocenters. The molecule has 1 saturated heterocycles. The topological polar surface area (TPSA) is 88.7 Å². The Kier molecular flexibility index (Phi) is 6.05. The van der Waals surface area contributed by atoms with E-state index in [2.05, 4.69) is 20.9 Å². The van der Waals surface area contributed by atoms with Crippen LogP contribution in [0.25, 0.3) is 11.1 Å². The number of ether oxygens (including phenoxy) is 2. The molecule has 0 saturated carbocycles. The summed E-state index contributed by atoms with van der Waals surface area (Å²) in [5.74, 6) is -0.289. The van der Waals surface area contributed by atoms with Crippen molar-refractivity contribution in [2.45, 2.75) is 4.90 Å². The third-order valence-electron chi connectivity index (χ3n) is 4.73. The number of H-pyrrole nitrogens is 1. The highest BCUT2D eigenvalue weighted by Crippen LogP contribution is 2.25. The summed E-state index contributed by atoms with van der Waals surface area (Å²) in [6.45, 7) is 1.29. The van der Waals surface area contributed by atoms with Crippen LogP contribution in [0, 0.1) is 0 Å². The van der Waals surface area contributed by atoms with E-state index in [1.165, 1.54) is 16.6 Å². The smallest absolute Gasteiger partial charge is 0.360 e. The molecule has 1 aliphatic heterocycles. The van der Waals surface area contributed by atoms with E-state index in [9.17, 15) is 13.2 Å². The third-order valence-corrected chi connectivity index (χ3v) is 7.13. The van der Waals surface area contributed by atoms with Crippen LogP contribution in [-0.2, 0) is 14.8 Å². The van der Waals surface area contributed by atoms with Crippen LogP contribution in [0.4, 0.5) is 0 Å². The van der Waals surface area contributed by atoms with Crippen LogP contribution in [0.1, 0.15) is 10.5 Å². The average molecular weight is 491 g/mol. The van der Waals surface area contributed by atoms with Gasteiger partial charge in [0.25, 0.3) is 0 Å². The summed E-state index contributed by atoms with van der Waals surface area (Å²) in [4.78, 5) is 15.2. The van der Waals surface area contributed by atoms with Crippen LogP contribution < -0.4 is 4.74 Å². The number of hydrogen-bond donors (Lipinski definition) is 1. The maximum absolute atomic E-state index is 12.7. The standard InChI is InChI=1S/C21H19BrN2O5S/c22-17-5-1-15(2-6-17)16-3-7-18(8-4-16)29-21(25)20-13-19(14-23-20)30(26,27)24-9-11-28-12-10-24/h1-8,13-14,23H,9-12H2. The van der Waals surface area contributed by atoms with Gasteiger partial charge in [0.2, 0.25) is 10.0 Å². The molecule has 0 aliphatic carbocycles. The number of nitrogens with zero attached hydrogens (tertiary/aromatic N) is 1. The molecule has 9 heteroatoms. The number of esters is 1. The fraction of sp³-hybridized carbons (Fsp3) is 0.190. The molecule has 2 aromatic carbocycles. The molecule has 1 fully saturated rings. The first-order chi connectivity index (χ1) is 14.4. The molecule has 7 nitrogen and oxygen atoms in total. The molecule has 1 N–H and O–H groups in total. The molecule has 0 bridgehead atoms. The highest BCUT2D eigenvalue weighted by atomic mass is 79.9. The largest absolute Gasteiger partial charge is 0.422 e. The number of aromatic amines is 1. The zero-order valence-corrected chi connectivity index (χ0v) is 18.3. The lowest BCUT2D eigenvalue weighted by atomic mass is 10.1. The van der Waals surface area contributed by atoms with Gasteiger partial charge in [-0.15, -0.1) is 0 Å². The van der Waals surface area contributed by atoms with E-state index in [0.717, 1.165) is 15.6 Å². The van der Waals surface area contributed by atoms with Crippen LogP contribution in [0.2, 0.25) is 0 Å². The van der Waals surface area contributed by atoms with Crippen molar-refractivity contribution in [3.63, 3.8) is 0 Å². The number of carbonyl (C=O) groups excluding carboxylic acids is 1. The van der Waals surface area contributed by atoms with Gasteiger partial charge in [-0.3, -0.25) is 0 Å². The van der Waals surface area contributed by atoms with E-state index < -0.39 is 16.0 Å². The van der Waals surface area contributed by atoms with Crippen molar-refractivity contribution in [1.29, 1.82) is 0 Å². The first kappa shape index (κ1) is 20.8. The third kappa shape index (κ3) is 4.49. The van der Waals surface area contributed by atoms with E-state index in [-0.39, 0.29) is 23.7 Å². The maximum atomic E-state index is 12.7. The van der Waals surface area contributed by atoms with Crippen molar-refractivity contribution in [1.82, 2.24) is 9.29 Å². The second-order valence-electron chi connectivity index (χ2n) is 6.69. The van der Waals surface area contributed by atoms with E-state index in [0.29, 0.717) is 19.0 Å². The molecule has 30 heavy (non-hydrogen) atoms. The minimum Gasteiger partial charge on any atom is -0.422 e. The fourth-order valence-corrected chi connectivity index (χ4v) is 4.76. The lowest BCUT2D eigenvalue weighted by Gasteiger charge is -2.25. The number of aromatic nitrogens is 1. The monoisotopic (exact) mass is 490 g/mol. The molecule has 1 aromatic heterocycles. The molecular formula is C21H19BrN2O5S. The first-order valence-electron chi connectivity index (χ1n) is 9.28. The van der Waals surface area contributed by atoms with Crippen LogP contribution in [0.5, 0.6) is 5.75 Å². The van der Waals surface area contributed by atoms with Gasteiger partial charge < -0.3 is 14.5 Å².